The van der Waals surface area contributed by atoms with Crippen LogP contribution in [0.5, 0.6) is 5.75 Å². The Bertz CT molecular complexity index is 488. The number of nitrogen functional groups attached to an aromatic ring is 1. The van der Waals surface area contributed by atoms with E-state index in [1.54, 1.807) is 29.9 Å². The summed E-state index contributed by atoms with van der Waals surface area (Å²) >= 11 is 5.79. The molecule has 0 atom stereocenters. The predicted octanol–water partition coefficient (Wildman–Crippen LogP) is 2.03. The third-order valence-corrected chi connectivity index (χ3v) is 2.46. The molecule has 0 amide bonds. The number of aromatic nitrogens is 2. The molecule has 3 N–H and O–H groups in total. The van der Waals surface area contributed by atoms with Crippen molar-refractivity contribution in [3.05, 3.63) is 29.3 Å². The predicted molar refractivity (Wildman–Crippen MR) is 59.7 cm³/mol. The number of aromatic hydroxyl groups is 1. The molecule has 1 heterocycles. The van der Waals surface area contributed by atoms with Crippen molar-refractivity contribution in [1.29, 1.82) is 0 Å². The van der Waals surface area contributed by atoms with Crippen molar-refractivity contribution < 1.29 is 5.11 Å². The van der Waals surface area contributed by atoms with Gasteiger partial charge in [0, 0.05) is 18.7 Å². The van der Waals surface area contributed by atoms with Crippen LogP contribution in [0, 0.1) is 0 Å². The average Bonchev–Trinajstić information content (AvgIpc) is 2.52. The largest absolute Gasteiger partial charge is 0.506 e. The number of nitrogens with two attached hydrogens (primary N) is 1. The minimum absolute atomic E-state index is 0.0596. The van der Waals surface area contributed by atoms with E-state index >= 15 is 0 Å². The number of benzene rings is 1. The van der Waals surface area contributed by atoms with Gasteiger partial charge in [-0.05, 0) is 18.2 Å². The van der Waals surface area contributed by atoms with Crippen LogP contribution in [0.15, 0.2) is 24.3 Å². The number of halogens is 1. The Balaban J connectivity index is 2.49. The molecule has 0 aliphatic carbocycles. The molecule has 1 aromatic carbocycles. The van der Waals surface area contributed by atoms with E-state index in [9.17, 15) is 5.11 Å². The first-order chi connectivity index (χ1) is 7.08. The Morgan fingerprint density at radius 3 is 2.67 bits per heavy atom. The van der Waals surface area contributed by atoms with Gasteiger partial charge in [-0.15, -0.1) is 0 Å². The van der Waals surface area contributed by atoms with E-state index < -0.39 is 0 Å². The second-order valence-corrected chi connectivity index (χ2v) is 3.65. The van der Waals surface area contributed by atoms with Gasteiger partial charge >= 0.3 is 0 Å². The standard InChI is InChI=1S/C10H10ClN3O/c1-14-10(12)5-8(13-14)6-2-3-9(15)7(11)4-6/h2-5,15H,12H2,1H3. The second-order valence-electron chi connectivity index (χ2n) is 3.24. The molecule has 0 radical (unpaired) electrons. The van der Waals surface area contributed by atoms with Crippen molar-refractivity contribution >= 4 is 17.4 Å². The highest BCUT2D eigenvalue weighted by atomic mass is 35.5. The second kappa shape index (κ2) is 3.47. The van der Waals surface area contributed by atoms with Gasteiger partial charge in [0.15, 0.2) is 0 Å². The summed E-state index contributed by atoms with van der Waals surface area (Å²) in [6, 6.07) is 6.67. The molecule has 0 aliphatic heterocycles. The number of phenols is 1. The fourth-order valence-electron chi connectivity index (χ4n) is 1.29. The van der Waals surface area contributed by atoms with E-state index in [0.29, 0.717) is 10.8 Å². The molecule has 0 spiro atoms. The number of rotatable bonds is 1. The molecule has 78 valence electrons. The van der Waals surface area contributed by atoms with Crippen LogP contribution < -0.4 is 5.73 Å². The molecular formula is C10H10ClN3O. The van der Waals surface area contributed by atoms with Crippen LogP contribution in [-0.4, -0.2) is 14.9 Å². The number of aryl methyl sites for hydroxylation is 1. The van der Waals surface area contributed by atoms with Crippen LogP contribution in [0.25, 0.3) is 11.3 Å². The zero-order valence-electron chi connectivity index (χ0n) is 8.11. The molecule has 4 nitrogen and oxygen atoms in total. The molecular weight excluding hydrogens is 214 g/mol. The van der Waals surface area contributed by atoms with Gasteiger partial charge in [-0.2, -0.15) is 5.10 Å². The fraction of sp³-hybridized carbons (Fsp3) is 0.100. The van der Waals surface area contributed by atoms with Crippen molar-refractivity contribution in [1.82, 2.24) is 9.78 Å². The third-order valence-electron chi connectivity index (χ3n) is 2.16. The van der Waals surface area contributed by atoms with E-state index in [4.69, 9.17) is 17.3 Å². The Morgan fingerprint density at radius 1 is 1.40 bits per heavy atom. The van der Waals surface area contributed by atoms with Crippen molar-refractivity contribution in [3.63, 3.8) is 0 Å². The molecule has 0 unspecified atom stereocenters. The van der Waals surface area contributed by atoms with Gasteiger partial charge in [-0.25, -0.2) is 0 Å². The van der Waals surface area contributed by atoms with Crippen LogP contribution >= 0.6 is 11.6 Å². The first-order valence-corrected chi connectivity index (χ1v) is 4.74. The van der Waals surface area contributed by atoms with Crippen molar-refractivity contribution in [3.8, 4) is 17.0 Å². The fourth-order valence-corrected chi connectivity index (χ4v) is 1.47. The molecule has 2 rings (SSSR count). The van der Waals surface area contributed by atoms with Gasteiger partial charge in [0.05, 0.1) is 10.7 Å². The highest BCUT2D eigenvalue weighted by Gasteiger charge is 2.06. The van der Waals surface area contributed by atoms with Gasteiger partial charge in [-0.3, -0.25) is 4.68 Å². The Labute approximate surface area is 91.9 Å². The number of phenolic OH excluding ortho intramolecular Hbond substituents is 1. The summed E-state index contributed by atoms with van der Waals surface area (Å²) in [6.07, 6.45) is 0. The lowest BCUT2D eigenvalue weighted by Crippen LogP contribution is -1.96. The van der Waals surface area contributed by atoms with Crippen LogP contribution in [0.3, 0.4) is 0 Å². The molecule has 0 saturated heterocycles. The minimum Gasteiger partial charge on any atom is -0.506 e. The molecule has 0 bridgehead atoms. The lowest BCUT2D eigenvalue weighted by Gasteiger charge is -1.99. The van der Waals surface area contributed by atoms with Crippen LogP contribution in [0.1, 0.15) is 0 Å². The summed E-state index contributed by atoms with van der Waals surface area (Å²) in [5, 5.41) is 13.8. The van der Waals surface area contributed by atoms with E-state index in [2.05, 4.69) is 5.10 Å². The third kappa shape index (κ3) is 1.76. The molecule has 0 aliphatic rings. The highest BCUT2D eigenvalue weighted by Crippen LogP contribution is 2.29. The average molecular weight is 224 g/mol. The molecule has 2 aromatic rings. The first kappa shape index (κ1) is 9.86. The van der Waals surface area contributed by atoms with Gasteiger partial charge < -0.3 is 10.8 Å². The van der Waals surface area contributed by atoms with Crippen molar-refractivity contribution in [2.24, 2.45) is 7.05 Å². The number of hydrogen-bond donors (Lipinski definition) is 2. The summed E-state index contributed by atoms with van der Waals surface area (Å²) in [7, 11) is 1.76. The Kier molecular flexibility index (Phi) is 2.28. The lowest BCUT2D eigenvalue weighted by molar-refractivity contribution is 0.475. The zero-order chi connectivity index (χ0) is 11.0. The van der Waals surface area contributed by atoms with Crippen molar-refractivity contribution in [2.45, 2.75) is 0 Å². The Hall–Kier alpha value is -1.68. The van der Waals surface area contributed by atoms with Crippen LogP contribution in [0.2, 0.25) is 5.02 Å². The zero-order valence-corrected chi connectivity index (χ0v) is 8.86. The van der Waals surface area contributed by atoms with Gasteiger partial charge in [0.1, 0.15) is 11.6 Å². The SMILES string of the molecule is Cn1nc(-c2ccc(O)c(Cl)c2)cc1N. The van der Waals surface area contributed by atoms with E-state index in [1.807, 2.05) is 0 Å². The van der Waals surface area contributed by atoms with E-state index in [1.165, 1.54) is 6.07 Å². The maximum Gasteiger partial charge on any atom is 0.134 e. The molecule has 1 aromatic heterocycles. The maximum atomic E-state index is 9.27. The summed E-state index contributed by atoms with van der Waals surface area (Å²) in [5.41, 5.74) is 7.22. The monoisotopic (exact) mass is 223 g/mol. The minimum atomic E-state index is 0.0596. The maximum absolute atomic E-state index is 9.27. The van der Waals surface area contributed by atoms with Gasteiger partial charge in [0.25, 0.3) is 0 Å². The number of hydrogen-bond acceptors (Lipinski definition) is 3. The van der Waals surface area contributed by atoms with Crippen LogP contribution in [0.4, 0.5) is 5.82 Å². The topological polar surface area (TPSA) is 64.1 Å². The molecule has 0 saturated carbocycles. The summed E-state index contributed by atoms with van der Waals surface area (Å²) < 4.78 is 1.58. The molecule has 0 fully saturated rings. The lowest BCUT2D eigenvalue weighted by atomic mass is 10.1. The van der Waals surface area contributed by atoms with Gasteiger partial charge in [-0.1, -0.05) is 11.6 Å². The number of anilines is 1. The highest BCUT2D eigenvalue weighted by molar-refractivity contribution is 6.32. The normalized spacial score (nSPS) is 10.5. The Morgan fingerprint density at radius 2 is 2.13 bits per heavy atom. The summed E-state index contributed by atoms with van der Waals surface area (Å²) in [4.78, 5) is 0. The number of nitrogens with zero attached hydrogens (tertiary/aromatic N) is 2. The smallest absolute Gasteiger partial charge is 0.134 e. The molecule has 5 heteroatoms. The van der Waals surface area contributed by atoms with E-state index in [-0.39, 0.29) is 5.75 Å². The van der Waals surface area contributed by atoms with Crippen LogP contribution in [-0.2, 0) is 7.05 Å². The quantitative estimate of drug-likeness (QED) is 0.778. The van der Waals surface area contributed by atoms with Gasteiger partial charge in [0.2, 0.25) is 0 Å². The molecule has 15 heavy (non-hydrogen) atoms. The summed E-state index contributed by atoms with van der Waals surface area (Å²) in [6.45, 7) is 0. The van der Waals surface area contributed by atoms with E-state index in [0.717, 1.165) is 11.3 Å². The van der Waals surface area contributed by atoms with Crippen molar-refractivity contribution in [2.75, 3.05) is 5.73 Å². The summed E-state index contributed by atoms with van der Waals surface area (Å²) in [5.74, 6) is 0.638. The first-order valence-electron chi connectivity index (χ1n) is 4.36.